The first kappa shape index (κ1) is 20.8. The van der Waals surface area contributed by atoms with E-state index in [1.165, 1.54) is 17.1 Å². The molecule has 1 aliphatic heterocycles. The third kappa shape index (κ3) is 7.53. The van der Waals surface area contributed by atoms with Crippen molar-refractivity contribution in [2.75, 3.05) is 6.54 Å². The Morgan fingerprint density at radius 1 is 0.792 bits per heavy atom. The van der Waals surface area contributed by atoms with E-state index in [-0.39, 0.29) is 18.4 Å². The number of carbonyl (C=O) groups is 2. The van der Waals surface area contributed by atoms with Gasteiger partial charge in [-0.3, -0.25) is 14.5 Å². The third-order valence-electron chi connectivity index (χ3n) is 2.85. The van der Waals surface area contributed by atoms with Crippen LogP contribution < -0.4 is 0 Å². The maximum Gasteiger partial charge on any atom is 0.253 e. The molecule has 7 heteroatoms. The van der Waals surface area contributed by atoms with Gasteiger partial charge < -0.3 is 0 Å². The van der Waals surface area contributed by atoms with Crippen molar-refractivity contribution in [3.63, 3.8) is 0 Å². The number of imide groups is 1. The Kier molecular flexibility index (Phi) is 6.69. The molecular weight excluding hydrogens is 314 g/mol. The minimum Gasteiger partial charge on any atom is -0.275 e. The van der Waals surface area contributed by atoms with Crippen LogP contribution in [0.3, 0.4) is 0 Å². The number of carbonyl (C=O) groups excluding carboxylic acids is 2. The van der Waals surface area contributed by atoms with E-state index in [0.717, 1.165) is 0 Å². The lowest BCUT2D eigenvalue weighted by Gasteiger charge is -2.33. The van der Waals surface area contributed by atoms with Crippen LogP contribution >= 0.6 is 0 Å². The van der Waals surface area contributed by atoms with E-state index in [1.807, 2.05) is 41.5 Å². The van der Waals surface area contributed by atoms with Gasteiger partial charge in [0, 0.05) is 25.1 Å². The molecule has 1 rings (SSSR count). The van der Waals surface area contributed by atoms with Crippen molar-refractivity contribution in [1.29, 1.82) is 0 Å². The van der Waals surface area contributed by atoms with E-state index in [1.54, 1.807) is 6.92 Å². The molecular formula is C17H29NO6. The van der Waals surface area contributed by atoms with Crippen LogP contribution in [-0.2, 0) is 29.1 Å². The van der Waals surface area contributed by atoms with Crippen molar-refractivity contribution < 1.29 is 29.1 Å². The Morgan fingerprint density at radius 3 is 1.58 bits per heavy atom. The van der Waals surface area contributed by atoms with Crippen molar-refractivity contribution >= 4 is 11.8 Å². The highest BCUT2D eigenvalue weighted by atomic mass is 17.3. The summed E-state index contributed by atoms with van der Waals surface area (Å²) < 4.78 is 0. The summed E-state index contributed by atoms with van der Waals surface area (Å²) in [6, 6.07) is 0. The maximum absolute atomic E-state index is 11.6. The molecule has 0 saturated heterocycles. The molecule has 0 N–H and O–H groups in total. The molecule has 0 unspecified atom stereocenters. The fraction of sp³-hybridized carbons (Fsp3) is 0.765. The number of nitrogens with zero attached hydrogens (tertiary/aromatic N) is 1. The highest BCUT2D eigenvalue weighted by Gasteiger charge is 2.34. The van der Waals surface area contributed by atoms with Gasteiger partial charge in [-0.2, -0.15) is 9.78 Å². The molecule has 0 aromatic carbocycles. The number of amides is 2. The van der Waals surface area contributed by atoms with Crippen molar-refractivity contribution in [2.24, 2.45) is 0 Å². The van der Waals surface area contributed by atoms with Gasteiger partial charge in [0.05, 0.1) is 11.2 Å². The van der Waals surface area contributed by atoms with Gasteiger partial charge in [0.25, 0.3) is 11.8 Å². The van der Waals surface area contributed by atoms with Crippen LogP contribution in [0.25, 0.3) is 0 Å². The van der Waals surface area contributed by atoms with Crippen LogP contribution in [0.15, 0.2) is 12.2 Å². The van der Waals surface area contributed by atoms with E-state index in [9.17, 15) is 9.59 Å². The van der Waals surface area contributed by atoms with E-state index in [4.69, 9.17) is 19.6 Å². The van der Waals surface area contributed by atoms with Crippen molar-refractivity contribution in [3.05, 3.63) is 12.2 Å². The average Bonchev–Trinajstić information content (AvgIpc) is 2.74. The summed E-state index contributed by atoms with van der Waals surface area (Å²) in [6.07, 6.45) is 3.38. The predicted octanol–water partition coefficient (Wildman–Crippen LogP) is 2.90. The van der Waals surface area contributed by atoms with Gasteiger partial charge in [-0.05, 0) is 54.9 Å². The lowest BCUT2D eigenvalue weighted by molar-refractivity contribution is -0.537. The molecule has 0 atom stereocenters. The van der Waals surface area contributed by atoms with E-state index in [2.05, 4.69) is 0 Å². The second kappa shape index (κ2) is 7.74. The molecule has 0 spiro atoms. The molecule has 0 aromatic heterocycles. The second-order valence-electron chi connectivity index (χ2n) is 7.96. The van der Waals surface area contributed by atoms with E-state index in [0.29, 0.717) is 12.8 Å². The fourth-order valence-electron chi connectivity index (χ4n) is 1.73. The Labute approximate surface area is 143 Å². The first-order valence-corrected chi connectivity index (χ1v) is 8.09. The summed E-state index contributed by atoms with van der Waals surface area (Å²) in [5.41, 5.74) is -1.03. The van der Waals surface area contributed by atoms with Gasteiger partial charge in [0.2, 0.25) is 5.79 Å². The second-order valence-corrected chi connectivity index (χ2v) is 7.96. The average molecular weight is 343 g/mol. The molecule has 0 saturated carbocycles. The first-order chi connectivity index (χ1) is 10.8. The van der Waals surface area contributed by atoms with Crippen LogP contribution in [0.4, 0.5) is 0 Å². The fourth-order valence-corrected chi connectivity index (χ4v) is 1.73. The molecule has 0 bridgehead atoms. The topological polar surface area (TPSA) is 74.3 Å². The molecule has 1 aliphatic rings. The minimum atomic E-state index is -1.17. The highest BCUT2D eigenvalue weighted by Crippen LogP contribution is 2.26. The van der Waals surface area contributed by atoms with Gasteiger partial charge in [-0.25, -0.2) is 9.78 Å². The number of hydrogen-bond acceptors (Lipinski definition) is 6. The molecule has 0 aromatic rings. The summed E-state index contributed by atoms with van der Waals surface area (Å²) in [5, 5.41) is 0. The van der Waals surface area contributed by atoms with Gasteiger partial charge in [0.1, 0.15) is 0 Å². The molecule has 0 aliphatic carbocycles. The lowest BCUT2D eigenvalue weighted by atomic mass is 10.1. The van der Waals surface area contributed by atoms with Crippen molar-refractivity contribution in [2.45, 2.75) is 78.3 Å². The lowest BCUT2D eigenvalue weighted by Crippen LogP contribution is -2.40. The van der Waals surface area contributed by atoms with Gasteiger partial charge in [0.15, 0.2) is 0 Å². The zero-order valence-electron chi connectivity index (χ0n) is 15.7. The number of rotatable bonds is 8. The molecule has 0 fully saturated rings. The number of hydrogen-bond donors (Lipinski definition) is 0. The van der Waals surface area contributed by atoms with E-state index >= 15 is 0 Å². The SMILES string of the molecule is CC(C)(C)OOC(C)(CCCN1C(=O)C=CC1=O)OOC(C)(C)C. The Morgan fingerprint density at radius 2 is 1.21 bits per heavy atom. The standard InChI is InChI=1S/C17H29NO6/c1-15(2,3)21-23-17(7,24-22-16(4,5)6)11-8-12-18-13(19)9-10-14(18)20/h9-10H,8,11-12H2,1-7H3. The molecule has 0 radical (unpaired) electrons. The van der Waals surface area contributed by atoms with Crippen LogP contribution in [0.1, 0.15) is 61.3 Å². The molecule has 7 nitrogen and oxygen atoms in total. The molecule has 1 heterocycles. The zero-order valence-corrected chi connectivity index (χ0v) is 15.7. The van der Waals surface area contributed by atoms with Crippen molar-refractivity contribution in [3.8, 4) is 0 Å². The molecule has 2 amide bonds. The summed E-state index contributed by atoms with van der Waals surface area (Å²) in [4.78, 5) is 45.9. The molecule has 138 valence electrons. The van der Waals surface area contributed by atoms with Crippen LogP contribution in [0, 0.1) is 0 Å². The van der Waals surface area contributed by atoms with Crippen LogP contribution in [0.2, 0.25) is 0 Å². The van der Waals surface area contributed by atoms with Gasteiger partial charge in [-0.1, -0.05) is 0 Å². The minimum absolute atomic E-state index is 0.276. The Bertz CT molecular complexity index is 450. The first-order valence-electron chi connectivity index (χ1n) is 8.09. The third-order valence-corrected chi connectivity index (χ3v) is 2.85. The summed E-state index contributed by atoms with van der Waals surface area (Å²) >= 11 is 0. The van der Waals surface area contributed by atoms with Crippen LogP contribution in [0.5, 0.6) is 0 Å². The highest BCUT2D eigenvalue weighted by molar-refractivity contribution is 6.12. The summed E-state index contributed by atoms with van der Waals surface area (Å²) in [5.74, 6) is -1.78. The van der Waals surface area contributed by atoms with Crippen LogP contribution in [-0.4, -0.2) is 40.2 Å². The van der Waals surface area contributed by atoms with Gasteiger partial charge >= 0.3 is 0 Å². The van der Waals surface area contributed by atoms with E-state index < -0.39 is 17.0 Å². The summed E-state index contributed by atoms with van der Waals surface area (Å²) in [6.45, 7) is 13.1. The zero-order chi connectivity index (χ0) is 18.6. The van der Waals surface area contributed by atoms with Gasteiger partial charge in [-0.15, -0.1) is 0 Å². The predicted molar refractivity (Wildman–Crippen MR) is 87.3 cm³/mol. The Balaban J connectivity index is 2.60. The maximum atomic E-state index is 11.6. The Hall–Kier alpha value is -1.28. The molecule has 24 heavy (non-hydrogen) atoms. The largest absolute Gasteiger partial charge is 0.275 e. The monoisotopic (exact) mass is 343 g/mol. The van der Waals surface area contributed by atoms with Crippen molar-refractivity contribution in [1.82, 2.24) is 4.90 Å². The quantitative estimate of drug-likeness (QED) is 0.292. The normalized spacial score (nSPS) is 16.4. The summed E-state index contributed by atoms with van der Waals surface area (Å²) in [7, 11) is 0. The smallest absolute Gasteiger partial charge is 0.253 e.